The second-order valence-corrected chi connectivity index (χ2v) is 11.2. The fourth-order valence-electron chi connectivity index (χ4n) is 4.85. The van der Waals surface area contributed by atoms with Gasteiger partial charge in [0.15, 0.2) is 4.34 Å². The molecule has 1 saturated heterocycles. The highest BCUT2D eigenvalue weighted by molar-refractivity contribution is 8.04. The van der Waals surface area contributed by atoms with Gasteiger partial charge in [-0.3, -0.25) is 4.79 Å². The predicted molar refractivity (Wildman–Crippen MR) is 121 cm³/mol. The monoisotopic (exact) mass is 463 g/mol. The molecule has 3 aliphatic heterocycles. The third-order valence-electron chi connectivity index (χ3n) is 6.25. The lowest BCUT2D eigenvalue weighted by Gasteiger charge is -2.46. The summed E-state index contributed by atoms with van der Waals surface area (Å²) in [6.45, 7) is 8.87. The lowest BCUT2D eigenvalue weighted by atomic mass is 9.79. The molecule has 1 amide bonds. The summed E-state index contributed by atoms with van der Waals surface area (Å²) in [5, 5.41) is 25.4. The zero-order valence-corrected chi connectivity index (χ0v) is 19.8. The Balaban J connectivity index is 1.56. The highest BCUT2D eigenvalue weighted by Crippen LogP contribution is 2.52. The maximum absolute atomic E-state index is 12.5. The number of thiazole rings is 1. The molecule has 0 aliphatic carbocycles. The van der Waals surface area contributed by atoms with Gasteiger partial charge in [-0.1, -0.05) is 38.6 Å². The molecule has 0 aromatic carbocycles. The van der Waals surface area contributed by atoms with Crippen LogP contribution in [0.5, 0.6) is 0 Å². The van der Waals surface area contributed by atoms with Gasteiger partial charge in [-0.15, -0.1) is 11.3 Å². The first-order chi connectivity index (χ1) is 14.7. The Kier molecular flexibility index (Phi) is 6.31. The number of carbonyl (C=O) groups excluding carboxylic acids is 1. The summed E-state index contributed by atoms with van der Waals surface area (Å²) in [4.78, 5) is 31.3. The van der Waals surface area contributed by atoms with Crippen molar-refractivity contribution in [2.24, 2.45) is 17.8 Å². The van der Waals surface area contributed by atoms with E-state index in [0.717, 1.165) is 29.4 Å². The number of aromatic nitrogens is 1. The van der Waals surface area contributed by atoms with Crippen molar-refractivity contribution in [2.75, 3.05) is 6.54 Å². The van der Waals surface area contributed by atoms with Crippen LogP contribution in [0.4, 0.5) is 0 Å². The van der Waals surface area contributed by atoms with E-state index in [-0.39, 0.29) is 23.6 Å². The molecular formula is C22H29N3O4S2. The van der Waals surface area contributed by atoms with E-state index < -0.39 is 18.0 Å². The molecule has 7 nitrogen and oxygen atoms in total. The quantitative estimate of drug-likeness (QED) is 0.534. The van der Waals surface area contributed by atoms with E-state index >= 15 is 0 Å². The van der Waals surface area contributed by atoms with E-state index in [4.69, 9.17) is 4.98 Å². The predicted octanol–water partition coefficient (Wildman–Crippen LogP) is 3.18. The van der Waals surface area contributed by atoms with E-state index in [1.165, 1.54) is 33.6 Å². The van der Waals surface area contributed by atoms with Gasteiger partial charge >= 0.3 is 5.97 Å². The molecule has 0 radical (unpaired) electrons. The van der Waals surface area contributed by atoms with Crippen molar-refractivity contribution in [1.82, 2.24) is 15.2 Å². The van der Waals surface area contributed by atoms with Crippen LogP contribution in [-0.2, 0) is 9.59 Å². The number of carboxylic acid groups (broad SMARTS) is 1. The summed E-state index contributed by atoms with van der Waals surface area (Å²) < 4.78 is 0.777. The minimum atomic E-state index is -1.11. The summed E-state index contributed by atoms with van der Waals surface area (Å²) in [5.41, 5.74) is 2.22. The van der Waals surface area contributed by atoms with Gasteiger partial charge in [0.25, 0.3) is 0 Å². The number of β-lactam (4-membered cyclic amide) rings is 1. The number of aliphatic hydroxyl groups excluding tert-OH is 1. The molecule has 9 heteroatoms. The summed E-state index contributed by atoms with van der Waals surface area (Å²) >= 11 is 2.85. The van der Waals surface area contributed by atoms with Crippen LogP contribution in [-0.4, -0.2) is 56.7 Å². The molecule has 3 aliphatic rings. The number of hydrogen-bond acceptors (Lipinski definition) is 7. The molecule has 31 heavy (non-hydrogen) atoms. The van der Waals surface area contributed by atoms with Crippen molar-refractivity contribution in [3.05, 3.63) is 27.8 Å². The third-order valence-corrected chi connectivity index (χ3v) is 8.47. The van der Waals surface area contributed by atoms with Crippen LogP contribution in [0.1, 0.15) is 46.2 Å². The van der Waals surface area contributed by atoms with Crippen molar-refractivity contribution in [3.63, 3.8) is 0 Å². The number of nitrogens with zero attached hydrogens (tertiary/aromatic N) is 2. The number of carboxylic acids is 1. The number of fused-ring (bicyclic) bond motifs is 1. The highest BCUT2D eigenvalue weighted by Gasteiger charge is 2.60. The van der Waals surface area contributed by atoms with E-state index in [1.807, 2.05) is 12.3 Å². The number of rotatable bonds is 7. The maximum Gasteiger partial charge on any atom is 0.353 e. The zero-order valence-electron chi connectivity index (χ0n) is 18.2. The normalized spacial score (nSPS) is 29.2. The largest absolute Gasteiger partial charge is 0.477 e. The number of hydrogen-bond donors (Lipinski definition) is 3. The topological polar surface area (TPSA) is 103 Å². The number of aliphatic carboxylic acids is 1. The van der Waals surface area contributed by atoms with Crippen LogP contribution in [0.3, 0.4) is 0 Å². The second-order valence-electron chi connectivity index (χ2n) is 9.00. The number of thioether (sulfide) groups is 1. The summed E-state index contributed by atoms with van der Waals surface area (Å²) in [7, 11) is 0. The Labute approximate surface area is 190 Å². The molecular weight excluding hydrogens is 434 g/mol. The van der Waals surface area contributed by atoms with Crippen LogP contribution in [0.15, 0.2) is 26.4 Å². The van der Waals surface area contributed by atoms with Crippen molar-refractivity contribution in [3.8, 4) is 0 Å². The molecule has 1 aromatic rings. The van der Waals surface area contributed by atoms with Crippen LogP contribution < -0.4 is 5.32 Å². The van der Waals surface area contributed by atoms with E-state index in [9.17, 15) is 19.8 Å². The Morgan fingerprint density at radius 2 is 2.16 bits per heavy atom. The minimum Gasteiger partial charge on any atom is -0.477 e. The van der Waals surface area contributed by atoms with E-state index in [2.05, 4.69) is 25.2 Å². The van der Waals surface area contributed by atoms with E-state index in [0.29, 0.717) is 16.9 Å². The van der Waals surface area contributed by atoms with Crippen molar-refractivity contribution < 1.29 is 19.8 Å². The number of aliphatic hydroxyl groups is 1. The van der Waals surface area contributed by atoms with Crippen LogP contribution in [0.2, 0.25) is 0 Å². The number of nitrogens with one attached hydrogen (secondary N) is 1. The third kappa shape index (κ3) is 4.08. The Morgan fingerprint density at radius 3 is 2.81 bits per heavy atom. The average molecular weight is 464 g/mol. The number of amides is 1. The van der Waals surface area contributed by atoms with Crippen molar-refractivity contribution >= 4 is 40.5 Å². The molecule has 3 N–H and O–H groups in total. The van der Waals surface area contributed by atoms with Gasteiger partial charge in [0.1, 0.15) is 5.70 Å². The van der Waals surface area contributed by atoms with Gasteiger partial charge in [0, 0.05) is 22.2 Å². The van der Waals surface area contributed by atoms with Gasteiger partial charge in [0.2, 0.25) is 5.91 Å². The van der Waals surface area contributed by atoms with Crippen LogP contribution in [0, 0.1) is 17.8 Å². The summed E-state index contributed by atoms with van der Waals surface area (Å²) in [6.07, 6.45) is 3.47. The number of carbonyl (C=O) groups is 2. The Morgan fingerprint density at radius 1 is 1.42 bits per heavy atom. The SMILES string of the molecule is CC(C)CC1C=C(c2csc(SC3=C(C(=O)O)N4C(=O)C(C(C)O)C4C3C)n2)CCN1. The average Bonchev–Trinajstić information content (AvgIpc) is 3.24. The fourth-order valence-corrected chi connectivity index (χ4v) is 6.97. The van der Waals surface area contributed by atoms with Gasteiger partial charge in [-0.2, -0.15) is 0 Å². The highest BCUT2D eigenvalue weighted by atomic mass is 32.2. The first-order valence-electron chi connectivity index (χ1n) is 10.8. The Hall–Kier alpha value is -1.68. The lowest BCUT2D eigenvalue weighted by molar-refractivity contribution is -0.163. The van der Waals surface area contributed by atoms with Gasteiger partial charge in [-0.25, -0.2) is 9.78 Å². The standard InChI is InChI=1S/C22H29N3O4S2/c1-10(2)7-14-8-13(5-6-23-14)15-9-30-22(24-15)31-19-11(3)17-16(12(4)26)20(27)25(17)18(19)21(28)29/h8-12,14,16-17,23,26H,5-7H2,1-4H3,(H,28,29). The zero-order chi connectivity index (χ0) is 22.4. The maximum atomic E-state index is 12.5. The molecule has 0 bridgehead atoms. The smallest absolute Gasteiger partial charge is 0.353 e. The van der Waals surface area contributed by atoms with E-state index in [1.54, 1.807) is 6.92 Å². The molecule has 0 spiro atoms. The van der Waals surface area contributed by atoms with Gasteiger partial charge in [-0.05, 0) is 37.8 Å². The molecule has 0 saturated carbocycles. The minimum absolute atomic E-state index is 0.0410. The van der Waals surface area contributed by atoms with Crippen LogP contribution in [0.25, 0.3) is 5.57 Å². The second kappa shape index (κ2) is 8.69. The molecule has 4 heterocycles. The molecule has 4 rings (SSSR count). The summed E-state index contributed by atoms with van der Waals surface area (Å²) in [6, 6.07) is 0.0500. The molecule has 5 unspecified atom stereocenters. The fraction of sp³-hybridized carbons (Fsp3) is 0.591. The first kappa shape index (κ1) is 22.5. The lowest BCUT2D eigenvalue weighted by Crippen LogP contribution is -2.63. The molecule has 5 atom stereocenters. The van der Waals surface area contributed by atoms with Crippen molar-refractivity contribution in [1.29, 1.82) is 0 Å². The van der Waals surface area contributed by atoms with Gasteiger partial charge < -0.3 is 20.4 Å². The molecule has 1 fully saturated rings. The Bertz CT molecular complexity index is 952. The van der Waals surface area contributed by atoms with Crippen LogP contribution >= 0.6 is 23.1 Å². The molecule has 1 aromatic heterocycles. The molecule has 168 valence electrons. The summed E-state index contributed by atoms with van der Waals surface area (Å²) in [5.74, 6) is -1.51. The van der Waals surface area contributed by atoms with Gasteiger partial charge in [0.05, 0.1) is 23.8 Å². The van der Waals surface area contributed by atoms with Crippen molar-refractivity contribution in [2.45, 2.75) is 63.1 Å². The first-order valence-corrected chi connectivity index (χ1v) is 12.4.